The highest BCUT2D eigenvalue weighted by molar-refractivity contribution is 5.30. The fourth-order valence-electron chi connectivity index (χ4n) is 3.42. The van der Waals surface area contributed by atoms with Crippen molar-refractivity contribution in [3.05, 3.63) is 35.4 Å². The van der Waals surface area contributed by atoms with Crippen LogP contribution in [-0.2, 0) is 6.42 Å². The van der Waals surface area contributed by atoms with E-state index in [-0.39, 0.29) is 6.10 Å². The van der Waals surface area contributed by atoms with E-state index in [4.69, 9.17) is 0 Å². The van der Waals surface area contributed by atoms with Gasteiger partial charge in [0.05, 0.1) is 6.10 Å². The smallest absolute Gasteiger partial charge is 0.0820 e. The number of benzene rings is 1. The molecule has 92 valence electrons. The van der Waals surface area contributed by atoms with Gasteiger partial charge in [0.15, 0.2) is 0 Å². The van der Waals surface area contributed by atoms with Gasteiger partial charge in [-0.25, -0.2) is 0 Å². The Kier molecular flexibility index (Phi) is 3.19. The topological polar surface area (TPSA) is 20.2 Å². The molecule has 0 bridgehead atoms. The largest absolute Gasteiger partial charge is 0.388 e. The molecule has 0 spiro atoms. The van der Waals surface area contributed by atoms with E-state index in [1.807, 2.05) is 0 Å². The van der Waals surface area contributed by atoms with Crippen LogP contribution in [0.25, 0.3) is 0 Å². The Morgan fingerprint density at radius 3 is 2.65 bits per heavy atom. The van der Waals surface area contributed by atoms with Gasteiger partial charge in [0.2, 0.25) is 0 Å². The minimum atomic E-state index is -0.214. The molecule has 1 nitrogen and oxygen atoms in total. The molecule has 3 rings (SSSR count). The summed E-state index contributed by atoms with van der Waals surface area (Å²) < 4.78 is 0. The van der Waals surface area contributed by atoms with Crippen molar-refractivity contribution in [1.82, 2.24) is 0 Å². The van der Waals surface area contributed by atoms with Crippen LogP contribution in [0.15, 0.2) is 24.3 Å². The van der Waals surface area contributed by atoms with Gasteiger partial charge in [0, 0.05) is 0 Å². The molecule has 0 saturated heterocycles. The first-order valence-corrected chi connectivity index (χ1v) is 7.10. The fraction of sp³-hybridized carbons (Fsp3) is 0.625. The summed E-state index contributed by atoms with van der Waals surface area (Å²) in [6, 6.07) is 8.47. The summed E-state index contributed by atoms with van der Waals surface area (Å²) in [6.07, 6.45) is 8.82. The molecule has 0 amide bonds. The van der Waals surface area contributed by atoms with Crippen LogP contribution < -0.4 is 0 Å². The van der Waals surface area contributed by atoms with Crippen LogP contribution in [0.2, 0.25) is 0 Å². The van der Waals surface area contributed by atoms with Gasteiger partial charge in [0.25, 0.3) is 0 Å². The lowest BCUT2D eigenvalue weighted by atomic mass is 9.76. The van der Waals surface area contributed by atoms with Crippen molar-refractivity contribution in [2.45, 2.75) is 51.0 Å². The monoisotopic (exact) mass is 230 g/mol. The summed E-state index contributed by atoms with van der Waals surface area (Å²) >= 11 is 0. The first-order valence-electron chi connectivity index (χ1n) is 7.10. The van der Waals surface area contributed by atoms with Crippen molar-refractivity contribution in [3.63, 3.8) is 0 Å². The Morgan fingerprint density at radius 2 is 1.88 bits per heavy atom. The molecule has 1 N–H and O–H groups in total. The quantitative estimate of drug-likeness (QED) is 0.765. The Morgan fingerprint density at radius 1 is 1.06 bits per heavy atom. The lowest BCUT2D eigenvalue weighted by Crippen LogP contribution is -2.20. The predicted molar refractivity (Wildman–Crippen MR) is 69.8 cm³/mol. The zero-order chi connectivity index (χ0) is 11.7. The molecule has 1 heteroatoms. The fourth-order valence-corrected chi connectivity index (χ4v) is 3.42. The van der Waals surface area contributed by atoms with Crippen LogP contribution in [0, 0.1) is 11.8 Å². The predicted octanol–water partition coefficient (Wildman–Crippen LogP) is 3.86. The van der Waals surface area contributed by atoms with E-state index in [2.05, 4.69) is 24.3 Å². The average Bonchev–Trinajstić information content (AvgIpc) is 2.45. The second-order valence-electron chi connectivity index (χ2n) is 5.83. The van der Waals surface area contributed by atoms with Crippen molar-refractivity contribution in [1.29, 1.82) is 0 Å². The summed E-state index contributed by atoms with van der Waals surface area (Å²) in [5.41, 5.74) is 2.57. The second kappa shape index (κ2) is 4.81. The normalized spacial score (nSPS) is 29.2. The molecule has 0 aromatic heterocycles. The highest BCUT2D eigenvalue weighted by Gasteiger charge is 2.29. The van der Waals surface area contributed by atoms with E-state index < -0.39 is 0 Å². The molecular formula is C16H22O. The van der Waals surface area contributed by atoms with Gasteiger partial charge in [-0.3, -0.25) is 0 Å². The zero-order valence-corrected chi connectivity index (χ0v) is 10.4. The molecule has 1 aromatic rings. The molecule has 0 heterocycles. The molecule has 0 aliphatic heterocycles. The summed E-state index contributed by atoms with van der Waals surface area (Å²) in [4.78, 5) is 0. The van der Waals surface area contributed by atoms with Crippen LogP contribution in [0.1, 0.15) is 55.8 Å². The Labute approximate surface area is 104 Å². The molecule has 0 radical (unpaired) electrons. The van der Waals surface area contributed by atoms with Crippen molar-refractivity contribution in [3.8, 4) is 0 Å². The van der Waals surface area contributed by atoms with Crippen LogP contribution in [0.3, 0.4) is 0 Å². The maximum absolute atomic E-state index is 10.6. The van der Waals surface area contributed by atoms with Crippen molar-refractivity contribution in [2.24, 2.45) is 11.8 Å². The Bertz CT molecular complexity index is 381. The van der Waals surface area contributed by atoms with Gasteiger partial charge in [-0.05, 0) is 48.6 Å². The molecule has 2 aliphatic carbocycles. The summed E-state index contributed by atoms with van der Waals surface area (Å²) in [5.74, 6) is 1.41. The molecule has 2 atom stereocenters. The van der Waals surface area contributed by atoms with Gasteiger partial charge >= 0.3 is 0 Å². The number of hydrogen-bond acceptors (Lipinski definition) is 1. The number of aliphatic hydroxyl groups is 1. The first kappa shape index (κ1) is 11.3. The number of fused-ring (bicyclic) bond motifs is 1. The van der Waals surface area contributed by atoms with E-state index in [0.29, 0.717) is 5.92 Å². The van der Waals surface area contributed by atoms with Gasteiger partial charge < -0.3 is 5.11 Å². The van der Waals surface area contributed by atoms with Crippen molar-refractivity contribution >= 4 is 0 Å². The van der Waals surface area contributed by atoms with Crippen LogP contribution in [-0.4, -0.2) is 5.11 Å². The molecule has 2 unspecified atom stereocenters. The molecular weight excluding hydrogens is 208 g/mol. The van der Waals surface area contributed by atoms with Gasteiger partial charge in [-0.1, -0.05) is 43.5 Å². The number of aliphatic hydroxyl groups excluding tert-OH is 1. The maximum Gasteiger partial charge on any atom is 0.0820 e. The SMILES string of the molecule is OC1c2ccccc2CCCC1CC1CCC1. The summed E-state index contributed by atoms with van der Waals surface area (Å²) in [6.45, 7) is 0. The third-order valence-corrected chi connectivity index (χ3v) is 4.70. The lowest BCUT2D eigenvalue weighted by molar-refractivity contribution is 0.0773. The number of aryl methyl sites for hydroxylation is 1. The highest BCUT2D eigenvalue weighted by Crippen LogP contribution is 2.41. The van der Waals surface area contributed by atoms with Crippen molar-refractivity contribution in [2.75, 3.05) is 0 Å². The standard InChI is InChI=1S/C16H22O/c17-16-14(11-12-5-3-6-12)9-4-8-13-7-1-2-10-15(13)16/h1-2,7,10,12,14,16-17H,3-6,8-9,11H2. The van der Waals surface area contributed by atoms with E-state index in [0.717, 1.165) is 12.3 Å². The zero-order valence-electron chi connectivity index (χ0n) is 10.4. The summed E-state index contributed by atoms with van der Waals surface area (Å²) in [7, 11) is 0. The molecule has 1 fully saturated rings. The summed E-state index contributed by atoms with van der Waals surface area (Å²) in [5, 5.41) is 10.6. The van der Waals surface area contributed by atoms with E-state index in [1.54, 1.807) is 0 Å². The number of rotatable bonds is 2. The van der Waals surface area contributed by atoms with Crippen LogP contribution in [0.5, 0.6) is 0 Å². The molecule has 17 heavy (non-hydrogen) atoms. The van der Waals surface area contributed by atoms with Crippen molar-refractivity contribution < 1.29 is 5.11 Å². The highest BCUT2D eigenvalue weighted by atomic mass is 16.3. The third kappa shape index (κ3) is 2.26. The maximum atomic E-state index is 10.6. The first-order chi connectivity index (χ1) is 8.34. The van der Waals surface area contributed by atoms with Gasteiger partial charge in [-0.2, -0.15) is 0 Å². The Hall–Kier alpha value is -0.820. The average molecular weight is 230 g/mol. The molecule has 2 aliphatic rings. The molecule has 1 saturated carbocycles. The van der Waals surface area contributed by atoms with Crippen LogP contribution in [0.4, 0.5) is 0 Å². The van der Waals surface area contributed by atoms with Gasteiger partial charge in [-0.15, -0.1) is 0 Å². The Balaban J connectivity index is 1.78. The van der Waals surface area contributed by atoms with Crippen LogP contribution >= 0.6 is 0 Å². The van der Waals surface area contributed by atoms with E-state index in [1.165, 1.54) is 49.7 Å². The lowest BCUT2D eigenvalue weighted by Gasteiger charge is -2.31. The minimum Gasteiger partial charge on any atom is -0.388 e. The third-order valence-electron chi connectivity index (χ3n) is 4.70. The van der Waals surface area contributed by atoms with E-state index in [9.17, 15) is 5.11 Å². The minimum absolute atomic E-state index is 0.214. The van der Waals surface area contributed by atoms with Gasteiger partial charge in [0.1, 0.15) is 0 Å². The second-order valence-corrected chi connectivity index (χ2v) is 5.83. The van der Waals surface area contributed by atoms with E-state index >= 15 is 0 Å². The number of hydrogen-bond donors (Lipinski definition) is 1. The molecule has 1 aromatic carbocycles.